The smallest absolute Gasteiger partial charge is 0.321 e. The van der Waals surface area contributed by atoms with Gasteiger partial charge >= 0.3 is 5.97 Å². The van der Waals surface area contributed by atoms with Crippen LogP contribution in [0, 0.1) is 11.6 Å². The summed E-state index contributed by atoms with van der Waals surface area (Å²) < 4.78 is 26.6. The van der Waals surface area contributed by atoms with Crippen LogP contribution in [0.3, 0.4) is 0 Å². The Hall–Kier alpha value is -0.660. The number of carboxylic acid groups (broad SMARTS) is 1. The van der Waals surface area contributed by atoms with Crippen LogP contribution in [0.2, 0.25) is 0 Å². The molecule has 0 aliphatic rings. The number of benzene rings is 1. The first-order valence-electron chi connectivity index (χ1n) is 5.41. The van der Waals surface area contributed by atoms with Crippen LogP contribution in [0.25, 0.3) is 0 Å². The number of aliphatic carboxylic acids is 1. The van der Waals surface area contributed by atoms with Gasteiger partial charge < -0.3 is 10.8 Å². The highest BCUT2D eigenvalue weighted by atomic mass is 79.9. The van der Waals surface area contributed by atoms with E-state index in [0.29, 0.717) is 0 Å². The van der Waals surface area contributed by atoms with Crippen molar-refractivity contribution in [1.29, 1.82) is 0 Å². The van der Waals surface area contributed by atoms with Crippen LogP contribution in [0.1, 0.15) is 19.4 Å². The Bertz CT molecular complexity index is 497. The molecule has 7 heteroatoms. The van der Waals surface area contributed by atoms with E-state index in [4.69, 9.17) is 10.8 Å². The van der Waals surface area contributed by atoms with Gasteiger partial charge in [0.15, 0.2) is 0 Å². The molecule has 19 heavy (non-hydrogen) atoms. The van der Waals surface area contributed by atoms with Gasteiger partial charge in [-0.1, -0.05) is 0 Å². The largest absolute Gasteiger partial charge is 0.480 e. The highest BCUT2D eigenvalue weighted by Crippen LogP contribution is 2.33. The van der Waals surface area contributed by atoms with E-state index in [1.54, 1.807) is 13.8 Å². The summed E-state index contributed by atoms with van der Waals surface area (Å²) in [5, 5.41) is 8.87. The van der Waals surface area contributed by atoms with E-state index in [9.17, 15) is 13.6 Å². The van der Waals surface area contributed by atoms with Crippen molar-refractivity contribution >= 4 is 33.7 Å². The average Bonchev–Trinajstić information content (AvgIpc) is 2.32. The monoisotopic (exact) mass is 353 g/mol. The number of rotatable bonds is 5. The number of carboxylic acids is 1. The molecule has 0 fully saturated rings. The van der Waals surface area contributed by atoms with Crippen LogP contribution < -0.4 is 5.73 Å². The number of carbonyl (C=O) groups is 1. The lowest BCUT2D eigenvalue weighted by molar-refractivity contribution is -0.139. The zero-order chi connectivity index (χ0) is 14.8. The van der Waals surface area contributed by atoms with Crippen LogP contribution >= 0.6 is 27.7 Å². The highest BCUT2D eigenvalue weighted by Gasteiger charge is 2.33. The molecule has 0 saturated carbocycles. The van der Waals surface area contributed by atoms with Gasteiger partial charge in [0, 0.05) is 16.1 Å². The minimum Gasteiger partial charge on any atom is -0.480 e. The summed E-state index contributed by atoms with van der Waals surface area (Å²) in [6.07, 6.45) is 0. The summed E-state index contributed by atoms with van der Waals surface area (Å²) in [7, 11) is 0. The van der Waals surface area contributed by atoms with E-state index in [2.05, 4.69) is 15.9 Å². The van der Waals surface area contributed by atoms with E-state index < -0.39 is 28.4 Å². The van der Waals surface area contributed by atoms with Crippen molar-refractivity contribution in [3.63, 3.8) is 0 Å². The number of hydrogen-bond acceptors (Lipinski definition) is 3. The predicted octanol–water partition coefficient (Wildman–Crippen LogP) is 3.15. The highest BCUT2D eigenvalue weighted by molar-refractivity contribution is 9.10. The summed E-state index contributed by atoms with van der Waals surface area (Å²) in [6, 6.07) is 1.33. The normalized spacial score (nSPS) is 13.4. The number of hydrogen-bond donors (Lipinski definition) is 2. The van der Waals surface area contributed by atoms with E-state index >= 15 is 0 Å². The molecule has 0 amide bonds. The van der Waals surface area contributed by atoms with Gasteiger partial charge in [-0.15, -0.1) is 11.8 Å². The molecular formula is C12H14BrF2NO2S. The maximum absolute atomic E-state index is 13.7. The second kappa shape index (κ2) is 6.19. The third-order valence-electron chi connectivity index (χ3n) is 2.74. The molecule has 3 nitrogen and oxygen atoms in total. The van der Waals surface area contributed by atoms with Gasteiger partial charge in [0.25, 0.3) is 0 Å². The first-order chi connectivity index (χ1) is 8.66. The summed E-state index contributed by atoms with van der Waals surface area (Å²) >= 11 is 4.08. The fourth-order valence-corrected chi connectivity index (χ4v) is 2.78. The van der Waals surface area contributed by atoms with Crippen molar-refractivity contribution in [2.75, 3.05) is 0 Å². The van der Waals surface area contributed by atoms with Crippen LogP contribution in [-0.4, -0.2) is 21.9 Å². The molecule has 1 atom stereocenters. The molecule has 1 rings (SSSR count). The topological polar surface area (TPSA) is 63.3 Å². The summed E-state index contributed by atoms with van der Waals surface area (Å²) in [6.45, 7) is 3.26. The Labute approximate surface area is 122 Å². The van der Waals surface area contributed by atoms with Gasteiger partial charge in [0.2, 0.25) is 0 Å². The van der Waals surface area contributed by atoms with E-state index in [1.165, 1.54) is 6.07 Å². The predicted molar refractivity (Wildman–Crippen MR) is 75.0 cm³/mol. The zero-order valence-corrected chi connectivity index (χ0v) is 12.8. The molecule has 0 bridgehead atoms. The Morgan fingerprint density at radius 1 is 1.53 bits per heavy atom. The van der Waals surface area contributed by atoms with Gasteiger partial charge in [-0.2, -0.15) is 0 Å². The summed E-state index contributed by atoms with van der Waals surface area (Å²) in [5.41, 5.74) is 5.45. The molecule has 0 unspecified atom stereocenters. The fraction of sp³-hybridized carbons (Fsp3) is 0.417. The van der Waals surface area contributed by atoms with Crippen molar-refractivity contribution in [3.05, 3.63) is 33.8 Å². The Balaban J connectivity index is 2.88. The molecule has 0 heterocycles. The second-order valence-electron chi connectivity index (χ2n) is 4.53. The molecule has 0 aromatic heterocycles. The SMILES string of the molecule is CC(C)(SCc1c(F)ccc(Br)c1F)[C@@H](N)C(=O)O. The lowest BCUT2D eigenvalue weighted by Gasteiger charge is -2.28. The standard InChI is InChI=1S/C12H14BrF2NO2S/c1-12(2,10(16)11(17)18)19-5-6-8(14)4-3-7(13)9(6)15/h3-4,10H,5,16H2,1-2H3,(H,17,18)/t10-/m0/s1. The van der Waals surface area contributed by atoms with Crippen molar-refractivity contribution in [1.82, 2.24) is 0 Å². The van der Waals surface area contributed by atoms with Gasteiger partial charge in [0.05, 0.1) is 4.47 Å². The maximum atomic E-state index is 13.7. The Morgan fingerprint density at radius 3 is 2.63 bits per heavy atom. The molecule has 1 aromatic rings. The van der Waals surface area contributed by atoms with Crippen molar-refractivity contribution in [2.24, 2.45) is 5.73 Å². The molecule has 0 saturated heterocycles. The van der Waals surface area contributed by atoms with E-state index in [-0.39, 0.29) is 15.8 Å². The molecule has 106 valence electrons. The van der Waals surface area contributed by atoms with Gasteiger partial charge in [0.1, 0.15) is 17.7 Å². The second-order valence-corrected chi connectivity index (χ2v) is 7.01. The van der Waals surface area contributed by atoms with Crippen molar-refractivity contribution in [2.45, 2.75) is 30.4 Å². The summed E-state index contributed by atoms with van der Waals surface area (Å²) in [5.74, 6) is -2.47. The van der Waals surface area contributed by atoms with E-state index in [1.807, 2.05) is 0 Å². The van der Waals surface area contributed by atoms with Gasteiger partial charge in [-0.25, -0.2) is 8.78 Å². The van der Waals surface area contributed by atoms with Crippen LogP contribution in [-0.2, 0) is 10.5 Å². The summed E-state index contributed by atoms with van der Waals surface area (Å²) in [4.78, 5) is 10.9. The maximum Gasteiger partial charge on any atom is 0.321 e. The third kappa shape index (κ3) is 3.90. The third-order valence-corrected chi connectivity index (χ3v) is 4.79. The molecule has 1 aromatic carbocycles. The lowest BCUT2D eigenvalue weighted by atomic mass is 10.1. The minimum atomic E-state index is -1.15. The van der Waals surface area contributed by atoms with E-state index in [0.717, 1.165) is 17.8 Å². The zero-order valence-electron chi connectivity index (χ0n) is 10.4. The lowest BCUT2D eigenvalue weighted by Crippen LogP contribution is -2.46. The van der Waals surface area contributed by atoms with Gasteiger partial charge in [-0.3, -0.25) is 4.79 Å². The molecule has 0 aliphatic heterocycles. The Kier molecular flexibility index (Phi) is 5.34. The number of halogens is 3. The first-order valence-corrected chi connectivity index (χ1v) is 7.19. The van der Waals surface area contributed by atoms with Gasteiger partial charge in [-0.05, 0) is 41.9 Å². The van der Waals surface area contributed by atoms with Crippen LogP contribution in [0.4, 0.5) is 8.78 Å². The molecule has 3 N–H and O–H groups in total. The molecule has 0 aliphatic carbocycles. The number of thioether (sulfide) groups is 1. The number of nitrogens with two attached hydrogens (primary N) is 1. The average molecular weight is 354 g/mol. The molecular weight excluding hydrogens is 340 g/mol. The Morgan fingerprint density at radius 2 is 2.11 bits per heavy atom. The minimum absolute atomic E-state index is 0.00505. The van der Waals surface area contributed by atoms with Crippen LogP contribution in [0.5, 0.6) is 0 Å². The van der Waals surface area contributed by atoms with Crippen LogP contribution in [0.15, 0.2) is 16.6 Å². The first kappa shape index (κ1) is 16.4. The van der Waals surface area contributed by atoms with Crippen molar-refractivity contribution < 1.29 is 18.7 Å². The molecule has 0 radical (unpaired) electrons. The fourth-order valence-electron chi connectivity index (χ4n) is 1.35. The quantitative estimate of drug-likeness (QED) is 0.798. The van der Waals surface area contributed by atoms with Crippen molar-refractivity contribution in [3.8, 4) is 0 Å². The molecule has 0 spiro atoms.